The smallest absolute Gasteiger partial charge is 0.318 e. The van der Waals surface area contributed by atoms with Crippen molar-refractivity contribution in [3.8, 4) is 0 Å². The molecule has 0 aromatic carbocycles. The SMILES string of the molecule is [B]c1cnn2c(NCCCCNC(=O)NC3=CC=C(Cl)CC3)cc(C3CC=CC=C3Cl)nc12. The average molecular weight is 483 g/mol. The van der Waals surface area contributed by atoms with Crippen LogP contribution in [0.1, 0.15) is 43.7 Å². The third kappa shape index (κ3) is 6.00. The Hall–Kier alpha value is -2.71. The van der Waals surface area contributed by atoms with E-state index in [0.717, 1.165) is 59.4 Å². The highest BCUT2D eigenvalue weighted by molar-refractivity contribution is 6.36. The van der Waals surface area contributed by atoms with Crippen LogP contribution in [0.25, 0.3) is 5.65 Å². The summed E-state index contributed by atoms with van der Waals surface area (Å²) in [5, 5.41) is 15.1. The minimum atomic E-state index is -0.195. The Balaban J connectivity index is 1.28. The van der Waals surface area contributed by atoms with Crippen molar-refractivity contribution < 1.29 is 4.79 Å². The number of urea groups is 1. The molecule has 1 atom stereocenters. The van der Waals surface area contributed by atoms with E-state index in [1.54, 1.807) is 10.7 Å². The zero-order chi connectivity index (χ0) is 23.2. The second-order valence-electron chi connectivity index (χ2n) is 7.99. The van der Waals surface area contributed by atoms with Gasteiger partial charge in [-0.25, -0.2) is 9.78 Å². The fraction of sp³-hybridized carbons (Fsp3) is 0.348. The number of unbranched alkanes of at least 4 members (excludes halogenated alkanes) is 1. The van der Waals surface area contributed by atoms with Crippen LogP contribution in [0, 0.1) is 0 Å². The summed E-state index contributed by atoms with van der Waals surface area (Å²) in [5.74, 6) is 0.817. The number of hydrogen-bond acceptors (Lipinski definition) is 4. The number of halogens is 2. The van der Waals surface area contributed by atoms with E-state index in [2.05, 4.69) is 27.1 Å². The molecule has 2 aliphatic carbocycles. The molecule has 0 saturated carbocycles. The van der Waals surface area contributed by atoms with Crippen molar-refractivity contribution >= 4 is 54.0 Å². The zero-order valence-electron chi connectivity index (χ0n) is 18.2. The normalized spacial score (nSPS) is 17.9. The Kier molecular flexibility index (Phi) is 7.78. The molecule has 10 heteroatoms. The Morgan fingerprint density at radius 1 is 1.18 bits per heavy atom. The molecule has 1 unspecified atom stereocenters. The van der Waals surface area contributed by atoms with Gasteiger partial charge in [0.1, 0.15) is 13.7 Å². The summed E-state index contributed by atoms with van der Waals surface area (Å²) >= 11 is 12.4. The fourth-order valence-electron chi connectivity index (χ4n) is 3.74. The van der Waals surface area contributed by atoms with Crippen molar-refractivity contribution in [2.24, 2.45) is 0 Å². The molecule has 4 rings (SSSR count). The number of nitrogens with zero attached hydrogens (tertiary/aromatic N) is 3. The number of amides is 2. The molecule has 3 N–H and O–H groups in total. The van der Waals surface area contributed by atoms with Crippen LogP contribution in [0.3, 0.4) is 0 Å². The van der Waals surface area contributed by atoms with Gasteiger partial charge in [0.25, 0.3) is 0 Å². The molecule has 170 valence electrons. The molecule has 2 heterocycles. The lowest BCUT2D eigenvalue weighted by molar-refractivity contribution is 0.243. The molecule has 0 spiro atoms. The second-order valence-corrected chi connectivity index (χ2v) is 8.91. The number of fused-ring (bicyclic) bond motifs is 1. The first kappa shape index (κ1) is 23.5. The van der Waals surface area contributed by atoms with Crippen LogP contribution in [-0.2, 0) is 0 Å². The molecule has 2 aromatic rings. The van der Waals surface area contributed by atoms with Gasteiger partial charge in [-0.15, -0.1) is 0 Å². The minimum absolute atomic E-state index is 0.00465. The first-order valence-electron chi connectivity index (χ1n) is 11.0. The maximum Gasteiger partial charge on any atom is 0.318 e. The van der Waals surface area contributed by atoms with E-state index in [4.69, 9.17) is 36.0 Å². The number of allylic oxidation sites excluding steroid dienone is 8. The van der Waals surface area contributed by atoms with E-state index in [1.165, 1.54) is 0 Å². The van der Waals surface area contributed by atoms with Crippen molar-refractivity contribution in [2.75, 3.05) is 18.4 Å². The van der Waals surface area contributed by atoms with Crippen LogP contribution >= 0.6 is 23.2 Å². The molecule has 2 aromatic heterocycles. The van der Waals surface area contributed by atoms with Gasteiger partial charge >= 0.3 is 6.03 Å². The Morgan fingerprint density at radius 2 is 2.03 bits per heavy atom. The molecule has 2 aliphatic rings. The van der Waals surface area contributed by atoms with Crippen molar-refractivity contribution in [3.63, 3.8) is 0 Å². The Bertz CT molecular complexity index is 1150. The number of carbonyl (C=O) groups is 1. The lowest BCUT2D eigenvalue weighted by atomic mass is 9.96. The molecule has 0 saturated heterocycles. The van der Waals surface area contributed by atoms with Crippen molar-refractivity contribution in [3.05, 3.63) is 64.1 Å². The number of carbonyl (C=O) groups excluding carboxylic acids is 1. The molecule has 0 bridgehead atoms. The molecular formula is C23H25BCl2N6O. The molecule has 7 nitrogen and oxygen atoms in total. The van der Waals surface area contributed by atoms with Gasteiger partial charge in [0.15, 0.2) is 5.65 Å². The third-order valence-electron chi connectivity index (χ3n) is 5.54. The van der Waals surface area contributed by atoms with Crippen LogP contribution in [0.5, 0.6) is 0 Å². The summed E-state index contributed by atoms with van der Waals surface area (Å²) in [5.41, 5.74) is 2.86. The van der Waals surface area contributed by atoms with E-state index < -0.39 is 0 Å². The van der Waals surface area contributed by atoms with E-state index >= 15 is 0 Å². The highest BCUT2D eigenvalue weighted by Gasteiger charge is 2.20. The van der Waals surface area contributed by atoms with Gasteiger partial charge < -0.3 is 16.0 Å². The average Bonchev–Trinajstić information content (AvgIpc) is 3.18. The number of nitrogens with one attached hydrogen (secondary N) is 3. The van der Waals surface area contributed by atoms with Gasteiger partial charge in [-0.2, -0.15) is 9.61 Å². The number of aromatic nitrogens is 3. The van der Waals surface area contributed by atoms with Crippen LogP contribution in [0.15, 0.2) is 58.4 Å². The number of rotatable bonds is 8. The van der Waals surface area contributed by atoms with Gasteiger partial charge in [0.2, 0.25) is 0 Å². The lowest BCUT2D eigenvalue weighted by Gasteiger charge is -2.18. The van der Waals surface area contributed by atoms with Gasteiger partial charge in [-0.3, -0.25) is 0 Å². The number of hydrogen-bond donors (Lipinski definition) is 3. The summed E-state index contributed by atoms with van der Waals surface area (Å²) in [6.45, 7) is 1.29. The Morgan fingerprint density at radius 3 is 2.82 bits per heavy atom. The quantitative estimate of drug-likeness (QED) is 0.392. The highest BCUT2D eigenvalue weighted by atomic mass is 35.5. The molecule has 0 aliphatic heterocycles. The van der Waals surface area contributed by atoms with Crippen molar-refractivity contribution in [1.29, 1.82) is 0 Å². The van der Waals surface area contributed by atoms with Gasteiger partial charge in [0, 0.05) is 47.0 Å². The maximum atomic E-state index is 12.0. The van der Waals surface area contributed by atoms with E-state index in [1.807, 2.05) is 30.4 Å². The van der Waals surface area contributed by atoms with E-state index in [9.17, 15) is 4.79 Å². The monoisotopic (exact) mass is 482 g/mol. The molecule has 0 fully saturated rings. The molecule has 2 radical (unpaired) electrons. The topological polar surface area (TPSA) is 83.3 Å². The fourth-order valence-corrected chi connectivity index (χ4v) is 4.17. The predicted molar refractivity (Wildman–Crippen MR) is 134 cm³/mol. The summed E-state index contributed by atoms with van der Waals surface area (Å²) in [4.78, 5) is 16.7. The van der Waals surface area contributed by atoms with Crippen LogP contribution < -0.4 is 21.4 Å². The van der Waals surface area contributed by atoms with E-state index in [0.29, 0.717) is 24.2 Å². The largest absolute Gasteiger partial charge is 0.370 e. The molecule has 2 amide bonds. The van der Waals surface area contributed by atoms with Crippen LogP contribution in [0.2, 0.25) is 0 Å². The summed E-state index contributed by atoms with van der Waals surface area (Å²) in [7, 11) is 6.08. The summed E-state index contributed by atoms with van der Waals surface area (Å²) < 4.78 is 1.71. The number of anilines is 1. The van der Waals surface area contributed by atoms with Gasteiger partial charge in [-0.05, 0) is 55.8 Å². The first-order chi connectivity index (χ1) is 16.0. The molecular weight excluding hydrogens is 458 g/mol. The van der Waals surface area contributed by atoms with Crippen molar-refractivity contribution in [2.45, 2.75) is 38.0 Å². The lowest BCUT2D eigenvalue weighted by Crippen LogP contribution is -2.35. The van der Waals surface area contributed by atoms with Crippen molar-refractivity contribution in [1.82, 2.24) is 25.2 Å². The predicted octanol–water partition coefficient (Wildman–Crippen LogP) is 3.98. The van der Waals surface area contributed by atoms with Crippen LogP contribution in [-0.4, -0.2) is 41.6 Å². The minimum Gasteiger partial charge on any atom is -0.370 e. The van der Waals surface area contributed by atoms with Crippen LogP contribution in [0.4, 0.5) is 10.6 Å². The van der Waals surface area contributed by atoms with Gasteiger partial charge in [-0.1, -0.05) is 35.4 Å². The molecule has 33 heavy (non-hydrogen) atoms. The summed E-state index contributed by atoms with van der Waals surface area (Å²) in [6.07, 6.45) is 15.2. The van der Waals surface area contributed by atoms with Gasteiger partial charge in [0.05, 0.1) is 5.69 Å². The summed E-state index contributed by atoms with van der Waals surface area (Å²) in [6, 6.07) is 1.78. The third-order valence-corrected chi connectivity index (χ3v) is 6.24. The standard InChI is InChI=1S/C23H25BCl2N6O/c24-18-14-29-32-21(13-20(31-22(18)32)17-5-1-2-6-19(17)26)27-11-3-4-12-28-23(33)30-16-9-7-15(25)8-10-16/h1-2,6-7,9,13-14,17,27H,3-5,8,10-12H2,(H2,28,30,33). The zero-order valence-corrected chi connectivity index (χ0v) is 19.7. The Labute approximate surface area is 204 Å². The first-order valence-corrected chi connectivity index (χ1v) is 11.8. The van der Waals surface area contributed by atoms with E-state index in [-0.39, 0.29) is 11.9 Å². The highest BCUT2D eigenvalue weighted by Crippen LogP contribution is 2.33. The second kappa shape index (κ2) is 10.9. The maximum absolute atomic E-state index is 12.0.